The lowest BCUT2D eigenvalue weighted by Crippen LogP contribution is -2.00. The lowest BCUT2D eigenvalue weighted by molar-refractivity contribution is 0.479. The minimum atomic E-state index is 0.815. The number of fused-ring (bicyclic) bond motifs is 3. The average Bonchev–Trinajstić information content (AvgIpc) is 3.62. The second-order valence-corrected chi connectivity index (χ2v) is 15.0. The van der Waals surface area contributed by atoms with Crippen LogP contribution in [0.1, 0.15) is 11.1 Å². The van der Waals surface area contributed by atoms with E-state index in [2.05, 4.69) is 213 Å². The zero-order chi connectivity index (χ0) is 39.0. The first kappa shape index (κ1) is 35.0. The highest BCUT2D eigenvalue weighted by molar-refractivity contribution is 6.26. The molecule has 2 nitrogen and oxygen atoms in total. The molecule has 0 unspecified atom stereocenters. The van der Waals surface area contributed by atoms with Crippen molar-refractivity contribution in [1.29, 1.82) is 0 Å². The van der Waals surface area contributed by atoms with Crippen LogP contribution in [-0.4, -0.2) is 4.57 Å². The lowest BCUT2D eigenvalue weighted by Gasteiger charge is -2.24. The highest BCUT2D eigenvalue weighted by atomic mass is 16.5. The minimum absolute atomic E-state index is 0.815. The summed E-state index contributed by atoms with van der Waals surface area (Å²) in [6.45, 7) is 4.23. The summed E-state index contributed by atoms with van der Waals surface area (Å²) in [6, 6.07) is 76.4. The monoisotopic (exact) mass is 743 g/mol. The number of aryl methyl sites for hydroxylation is 2. The van der Waals surface area contributed by atoms with Crippen LogP contribution in [-0.2, 0) is 0 Å². The maximum absolute atomic E-state index is 6.31. The molecule has 9 aromatic carbocycles. The van der Waals surface area contributed by atoms with Crippen molar-refractivity contribution in [3.63, 3.8) is 0 Å². The fraction of sp³-hybridized carbons (Fsp3) is 0.0357. The molecule has 0 saturated carbocycles. The maximum Gasteiger partial charge on any atom is 0.130 e. The lowest BCUT2D eigenvalue weighted by atomic mass is 9.80. The third-order valence-electron chi connectivity index (χ3n) is 11.3. The van der Waals surface area contributed by atoms with Gasteiger partial charge < -0.3 is 9.30 Å². The van der Waals surface area contributed by atoms with E-state index in [1.54, 1.807) is 0 Å². The first-order valence-electron chi connectivity index (χ1n) is 19.9. The summed E-state index contributed by atoms with van der Waals surface area (Å²) in [5, 5.41) is 2.42. The molecule has 0 saturated heterocycles. The fourth-order valence-corrected chi connectivity index (χ4v) is 8.50. The van der Waals surface area contributed by atoms with E-state index >= 15 is 0 Å². The van der Waals surface area contributed by atoms with Crippen LogP contribution in [0.5, 0.6) is 11.5 Å². The quantitative estimate of drug-likeness (QED) is 0.151. The first-order chi connectivity index (χ1) is 28.6. The first-order valence-corrected chi connectivity index (χ1v) is 19.9. The third kappa shape index (κ3) is 6.26. The number of aromatic nitrogens is 1. The number of para-hydroxylation sites is 1. The van der Waals surface area contributed by atoms with Gasteiger partial charge in [0.15, 0.2) is 0 Å². The van der Waals surface area contributed by atoms with Gasteiger partial charge in [-0.05, 0) is 101 Å². The normalized spacial score (nSPS) is 11.3. The second kappa shape index (κ2) is 14.9. The van der Waals surface area contributed by atoms with Gasteiger partial charge in [-0.25, -0.2) is 0 Å². The van der Waals surface area contributed by atoms with Gasteiger partial charge in [0.1, 0.15) is 11.5 Å². The molecule has 0 atom stereocenters. The standard InChI is InChI=1S/C56H41NO/c1-38-27-32-46(33-28-38)57-49-36-31-45(40-29-34-47(35-30-40)58-50-26-16-15-17-39(50)2)37-48(49)55-53(43-22-11-5-12-23-43)51(41-18-7-3-8-19-41)52(42-20-9-4-10-21-42)54(56(55)57)44-24-13-6-14-25-44/h3-37H,1-2H3. The molecule has 2 heteroatoms. The molecule has 1 heterocycles. The van der Waals surface area contributed by atoms with Gasteiger partial charge in [-0.2, -0.15) is 0 Å². The Labute approximate surface area is 339 Å². The number of hydrogen-bond acceptors (Lipinski definition) is 1. The Balaban J connectivity index is 1.36. The topological polar surface area (TPSA) is 14.2 Å². The van der Waals surface area contributed by atoms with Crippen LogP contribution in [0.25, 0.3) is 83.1 Å². The predicted molar refractivity (Wildman–Crippen MR) is 244 cm³/mol. The molecule has 10 aromatic rings. The van der Waals surface area contributed by atoms with E-state index in [0.29, 0.717) is 0 Å². The van der Waals surface area contributed by atoms with Crippen molar-refractivity contribution in [2.24, 2.45) is 0 Å². The van der Waals surface area contributed by atoms with Gasteiger partial charge in [-0.3, -0.25) is 0 Å². The molecule has 0 fully saturated rings. The fourth-order valence-electron chi connectivity index (χ4n) is 8.50. The van der Waals surface area contributed by atoms with Crippen LogP contribution in [0, 0.1) is 13.8 Å². The van der Waals surface area contributed by atoms with Crippen LogP contribution in [0.15, 0.2) is 212 Å². The average molecular weight is 744 g/mol. The molecule has 276 valence electrons. The molecule has 0 amide bonds. The van der Waals surface area contributed by atoms with Crippen molar-refractivity contribution in [2.45, 2.75) is 13.8 Å². The van der Waals surface area contributed by atoms with Gasteiger partial charge >= 0.3 is 0 Å². The van der Waals surface area contributed by atoms with Crippen molar-refractivity contribution in [1.82, 2.24) is 4.57 Å². The summed E-state index contributed by atoms with van der Waals surface area (Å²) in [5.41, 5.74) is 17.6. The van der Waals surface area contributed by atoms with Gasteiger partial charge in [0, 0.05) is 33.2 Å². The van der Waals surface area contributed by atoms with E-state index < -0.39 is 0 Å². The van der Waals surface area contributed by atoms with Crippen LogP contribution in [0.2, 0.25) is 0 Å². The van der Waals surface area contributed by atoms with E-state index in [-0.39, 0.29) is 0 Å². The Kier molecular flexibility index (Phi) is 9.01. The predicted octanol–water partition coefficient (Wildman–Crippen LogP) is 15.5. The third-order valence-corrected chi connectivity index (χ3v) is 11.3. The SMILES string of the molecule is Cc1ccc(-n2c3ccc(-c4ccc(Oc5ccccc5C)cc4)cc3c3c(-c4ccccc4)c(-c4ccccc4)c(-c4ccccc4)c(-c4ccccc4)c32)cc1. The number of rotatable bonds is 8. The molecule has 0 radical (unpaired) electrons. The van der Waals surface area contributed by atoms with Gasteiger partial charge in [-0.15, -0.1) is 0 Å². The van der Waals surface area contributed by atoms with Gasteiger partial charge in [-0.1, -0.05) is 175 Å². The number of hydrogen-bond donors (Lipinski definition) is 0. The van der Waals surface area contributed by atoms with Gasteiger partial charge in [0.25, 0.3) is 0 Å². The van der Waals surface area contributed by atoms with Gasteiger partial charge in [0.05, 0.1) is 11.0 Å². The van der Waals surface area contributed by atoms with E-state index in [1.165, 1.54) is 66.4 Å². The summed E-state index contributed by atoms with van der Waals surface area (Å²) in [7, 11) is 0. The van der Waals surface area contributed by atoms with Gasteiger partial charge in [0.2, 0.25) is 0 Å². The number of ether oxygens (including phenoxy) is 1. The van der Waals surface area contributed by atoms with Crippen molar-refractivity contribution >= 4 is 21.8 Å². The summed E-state index contributed by atoms with van der Waals surface area (Å²) >= 11 is 0. The smallest absolute Gasteiger partial charge is 0.130 e. The molecule has 0 bridgehead atoms. The van der Waals surface area contributed by atoms with Crippen molar-refractivity contribution in [3.8, 4) is 72.8 Å². The molecule has 0 aliphatic rings. The van der Waals surface area contributed by atoms with E-state index in [1.807, 2.05) is 18.2 Å². The Morgan fingerprint density at radius 1 is 0.379 bits per heavy atom. The van der Waals surface area contributed by atoms with Crippen LogP contribution in [0.4, 0.5) is 0 Å². The molecular weight excluding hydrogens is 703 g/mol. The highest BCUT2D eigenvalue weighted by Crippen LogP contribution is 2.54. The molecule has 1 aromatic heterocycles. The van der Waals surface area contributed by atoms with Crippen molar-refractivity contribution < 1.29 is 4.74 Å². The van der Waals surface area contributed by atoms with Crippen LogP contribution < -0.4 is 4.74 Å². The highest BCUT2D eigenvalue weighted by Gasteiger charge is 2.29. The molecule has 0 spiro atoms. The largest absolute Gasteiger partial charge is 0.457 e. The summed E-state index contributed by atoms with van der Waals surface area (Å²) < 4.78 is 8.81. The zero-order valence-corrected chi connectivity index (χ0v) is 32.6. The molecule has 58 heavy (non-hydrogen) atoms. The molecule has 10 rings (SSSR count). The van der Waals surface area contributed by atoms with Crippen molar-refractivity contribution in [3.05, 3.63) is 223 Å². The Morgan fingerprint density at radius 3 is 1.43 bits per heavy atom. The zero-order valence-electron chi connectivity index (χ0n) is 32.6. The number of benzene rings is 9. The minimum Gasteiger partial charge on any atom is -0.457 e. The Bertz CT molecular complexity index is 3040. The number of nitrogens with zero attached hydrogens (tertiary/aromatic N) is 1. The van der Waals surface area contributed by atoms with E-state index in [0.717, 1.165) is 39.4 Å². The Hall–Kier alpha value is -7.42. The van der Waals surface area contributed by atoms with Crippen LogP contribution >= 0.6 is 0 Å². The molecule has 0 aliphatic carbocycles. The Morgan fingerprint density at radius 2 is 0.862 bits per heavy atom. The molecule has 0 aliphatic heterocycles. The van der Waals surface area contributed by atoms with E-state index in [4.69, 9.17) is 4.74 Å². The van der Waals surface area contributed by atoms with Crippen LogP contribution in [0.3, 0.4) is 0 Å². The second-order valence-electron chi connectivity index (χ2n) is 15.0. The maximum atomic E-state index is 6.31. The summed E-state index contributed by atoms with van der Waals surface area (Å²) in [5.74, 6) is 1.68. The molecule has 0 N–H and O–H groups in total. The molecular formula is C56H41NO. The van der Waals surface area contributed by atoms with Crippen molar-refractivity contribution in [2.75, 3.05) is 0 Å². The summed E-state index contributed by atoms with van der Waals surface area (Å²) in [4.78, 5) is 0. The van der Waals surface area contributed by atoms with E-state index in [9.17, 15) is 0 Å². The summed E-state index contributed by atoms with van der Waals surface area (Å²) in [6.07, 6.45) is 0.